The van der Waals surface area contributed by atoms with Gasteiger partial charge in [-0.2, -0.15) is 15.3 Å². The lowest BCUT2D eigenvalue weighted by Gasteiger charge is -2.19. The maximum Gasteiger partial charge on any atom is 0.269 e. The number of primary amides is 1. The molecular weight excluding hydrogens is 440 g/mol. The maximum absolute atomic E-state index is 11.4. The second kappa shape index (κ2) is 8.19. The first-order valence-electron chi connectivity index (χ1n) is 11.4. The molecule has 1 aromatic carbocycles. The number of carbonyl (C=O) groups excluding carboxylic acids is 1. The third-order valence-electron chi connectivity index (χ3n) is 6.15. The lowest BCUT2D eigenvalue weighted by molar-refractivity contribution is 0.0995. The molecule has 0 aliphatic rings. The number of nitrogens with zero attached hydrogens (tertiary/aromatic N) is 7. The predicted molar refractivity (Wildman–Crippen MR) is 134 cm³/mol. The van der Waals surface area contributed by atoms with Gasteiger partial charge in [-0.1, -0.05) is 32.9 Å². The second-order valence-electron chi connectivity index (χ2n) is 9.88. The number of benzene rings is 1. The van der Waals surface area contributed by atoms with Crippen LogP contribution in [0.4, 0.5) is 0 Å². The van der Waals surface area contributed by atoms with Crippen LogP contribution in [0.1, 0.15) is 48.0 Å². The van der Waals surface area contributed by atoms with Gasteiger partial charge in [-0.15, -0.1) is 0 Å². The van der Waals surface area contributed by atoms with Crippen molar-refractivity contribution in [3.05, 3.63) is 77.6 Å². The number of hydrogen-bond acceptors (Lipinski definition) is 5. The molecule has 4 heterocycles. The van der Waals surface area contributed by atoms with Crippen LogP contribution in [0.25, 0.3) is 28.0 Å². The van der Waals surface area contributed by atoms with Gasteiger partial charge in [0, 0.05) is 36.1 Å². The molecule has 0 spiro atoms. The molecule has 0 fully saturated rings. The fraction of sp³-hybridized carbons (Fsp3) is 0.269. The van der Waals surface area contributed by atoms with Gasteiger partial charge in [0.2, 0.25) is 0 Å². The Morgan fingerprint density at radius 3 is 2.49 bits per heavy atom. The summed E-state index contributed by atoms with van der Waals surface area (Å²) in [4.78, 5) is 16.5. The van der Waals surface area contributed by atoms with Crippen LogP contribution in [0.5, 0.6) is 0 Å². The van der Waals surface area contributed by atoms with Crippen molar-refractivity contribution in [1.82, 2.24) is 34.2 Å². The number of carbonyl (C=O) groups is 1. The van der Waals surface area contributed by atoms with Gasteiger partial charge < -0.3 is 5.73 Å². The van der Waals surface area contributed by atoms with Crippen molar-refractivity contribution in [1.29, 1.82) is 0 Å². The molecule has 0 radical (unpaired) electrons. The molecule has 0 bridgehead atoms. The molecule has 0 unspecified atom stereocenters. The second-order valence-corrected chi connectivity index (χ2v) is 9.88. The Morgan fingerprint density at radius 2 is 1.86 bits per heavy atom. The van der Waals surface area contributed by atoms with Gasteiger partial charge in [-0.25, -0.2) is 9.50 Å². The first kappa shape index (κ1) is 22.5. The van der Waals surface area contributed by atoms with Crippen molar-refractivity contribution in [2.24, 2.45) is 12.8 Å². The summed E-state index contributed by atoms with van der Waals surface area (Å²) in [6.07, 6.45) is 9.41. The molecule has 1 amide bonds. The van der Waals surface area contributed by atoms with Crippen LogP contribution >= 0.6 is 0 Å². The molecule has 0 aliphatic heterocycles. The first-order valence-corrected chi connectivity index (χ1v) is 11.4. The van der Waals surface area contributed by atoms with E-state index >= 15 is 0 Å². The van der Waals surface area contributed by atoms with Crippen LogP contribution in [0.3, 0.4) is 0 Å². The molecule has 5 rings (SSSR count). The van der Waals surface area contributed by atoms with Gasteiger partial charge in [0.1, 0.15) is 5.69 Å². The van der Waals surface area contributed by atoms with E-state index in [0.717, 1.165) is 44.7 Å². The summed E-state index contributed by atoms with van der Waals surface area (Å²) >= 11 is 0. The third-order valence-corrected chi connectivity index (χ3v) is 6.15. The molecule has 4 aromatic heterocycles. The number of amides is 1. The normalized spacial score (nSPS) is 11.9. The molecule has 5 aromatic rings. The standard InChI is InChI=1S/C26H28N8O/c1-16-10-17(6-7-18(16)14-33-9-8-21(31-33)25(27)35)23-24-20(26(2,3)4)12-29-34(24)15-22(30-23)19-11-28-32(5)13-19/h6-13,15H,14H2,1-5H3,(H2,27,35). The summed E-state index contributed by atoms with van der Waals surface area (Å²) in [6.45, 7) is 9.16. The van der Waals surface area contributed by atoms with Gasteiger partial charge in [-0.05, 0) is 35.6 Å². The van der Waals surface area contributed by atoms with E-state index in [2.05, 4.69) is 61.2 Å². The van der Waals surface area contributed by atoms with Gasteiger partial charge in [0.15, 0.2) is 0 Å². The minimum atomic E-state index is -0.533. The van der Waals surface area contributed by atoms with Crippen molar-refractivity contribution in [3.63, 3.8) is 0 Å². The predicted octanol–water partition coefficient (Wildman–Crippen LogP) is 3.75. The van der Waals surface area contributed by atoms with Crippen LogP contribution < -0.4 is 5.73 Å². The molecule has 0 atom stereocenters. The molecule has 2 N–H and O–H groups in total. The summed E-state index contributed by atoms with van der Waals surface area (Å²) in [5.74, 6) is -0.533. The van der Waals surface area contributed by atoms with E-state index in [9.17, 15) is 4.79 Å². The number of rotatable bonds is 5. The van der Waals surface area contributed by atoms with E-state index in [1.807, 2.05) is 36.4 Å². The number of aromatic nitrogens is 7. The monoisotopic (exact) mass is 468 g/mol. The SMILES string of the molecule is Cc1cc(-c2nc(-c3cnn(C)c3)cn3ncc(C(C)(C)C)c23)ccc1Cn1ccc(C(N)=O)n1. The molecule has 35 heavy (non-hydrogen) atoms. The topological polar surface area (TPSA) is 109 Å². The summed E-state index contributed by atoms with van der Waals surface area (Å²) < 4.78 is 5.41. The van der Waals surface area contributed by atoms with Crippen molar-refractivity contribution < 1.29 is 4.79 Å². The zero-order valence-corrected chi connectivity index (χ0v) is 20.5. The fourth-order valence-corrected chi connectivity index (χ4v) is 4.23. The van der Waals surface area contributed by atoms with Gasteiger partial charge in [0.05, 0.1) is 42.0 Å². The molecule has 0 saturated heterocycles. The van der Waals surface area contributed by atoms with Crippen molar-refractivity contribution in [3.8, 4) is 22.5 Å². The van der Waals surface area contributed by atoms with Crippen molar-refractivity contribution in [2.75, 3.05) is 0 Å². The van der Waals surface area contributed by atoms with Crippen LogP contribution in [-0.4, -0.2) is 40.1 Å². The average Bonchev–Trinajstić information content (AvgIpc) is 3.53. The van der Waals surface area contributed by atoms with Crippen molar-refractivity contribution in [2.45, 2.75) is 39.7 Å². The number of nitrogens with two attached hydrogens (primary N) is 1. The summed E-state index contributed by atoms with van der Waals surface area (Å²) in [5.41, 5.74) is 13.4. The molecule has 178 valence electrons. The highest BCUT2D eigenvalue weighted by atomic mass is 16.1. The van der Waals surface area contributed by atoms with E-state index in [-0.39, 0.29) is 11.1 Å². The van der Waals surface area contributed by atoms with Gasteiger partial charge in [0.25, 0.3) is 5.91 Å². The Kier molecular flexibility index (Phi) is 5.27. The van der Waals surface area contributed by atoms with Crippen LogP contribution in [0.15, 0.2) is 55.2 Å². The Balaban J connectivity index is 1.62. The Bertz CT molecular complexity index is 1560. The Morgan fingerprint density at radius 1 is 1.06 bits per heavy atom. The fourth-order valence-electron chi connectivity index (χ4n) is 4.23. The highest BCUT2D eigenvalue weighted by Crippen LogP contribution is 2.35. The third kappa shape index (κ3) is 4.21. The number of aryl methyl sites for hydroxylation is 2. The number of fused-ring (bicyclic) bond motifs is 1. The summed E-state index contributed by atoms with van der Waals surface area (Å²) in [7, 11) is 1.89. The largest absolute Gasteiger partial charge is 0.364 e. The summed E-state index contributed by atoms with van der Waals surface area (Å²) in [6, 6.07) is 7.93. The van der Waals surface area contributed by atoms with Gasteiger partial charge >= 0.3 is 0 Å². The summed E-state index contributed by atoms with van der Waals surface area (Å²) in [5, 5.41) is 13.2. The quantitative estimate of drug-likeness (QED) is 0.423. The molecule has 9 nitrogen and oxygen atoms in total. The minimum absolute atomic E-state index is 0.0960. The zero-order valence-electron chi connectivity index (χ0n) is 20.5. The first-order chi connectivity index (χ1) is 16.6. The lowest BCUT2D eigenvalue weighted by Crippen LogP contribution is -2.13. The van der Waals surface area contributed by atoms with E-state index in [1.54, 1.807) is 21.6 Å². The Hall–Kier alpha value is -4.27. The van der Waals surface area contributed by atoms with E-state index < -0.39 is 5.91 Å². The van der Waals surface area contributed by atoms with Crippen LogP contribution in [0, 0.1) is 6.92 Å². The average molecular weight is 469 g/mol. The van der Waals surface area contributed by atoms with Gasteiger partial charge in [-0.3, -0.25) is 14.2 Å². The smallest absolute Gasteiger partial charge is 0.269 e. The van der Waals surface area contributed by atoms with E-state index in [1.165, 1.54) is 0 Å². The molecule has 0 saturated carbocycles. The van der Waals surface area contributed by atoms with E-state index in [0.29, 0.717) is 6.54 Å². The van der Waals surface area contributed by atoms with Crippen LogP contribution in [0.2, 0.25) is 0 Å². The van der Waals surface area contributed by atoms with E-state index in [4.69, 9.17) is 10.7 Å². The zero-order chi connectivity index (χ0) is 24.9. The lowest BCUT2D eigenvalue weighted by atomic mass is 9.87. The molecule has 0 aliphatic carbocycles. The van der Waals surface area contributed by atoms with Crippen molar-refractivity contribution >= 4 is 11.4 Å². The molecule has 9 heteroatoms. The minimum Gasteiger partial charge on any atom is -0.364 e. The number of hydrogen-bond donors (Lipinski definition) is 1. The highest BCUT2D eigenvalue weighted by molar-refractivity contribution is 5.90. The Labute approximate surface area is 203 Å². The highest BCUT2D eigenvalue weighted by Gasteiger charge is 2.24. The van der Waals surface area contributed by atoms with Crippen LogP contribution in [-0.2, 0) is 19.0 Å². The molecular formula is C26H28N8O. The maximum atomic E-state index is 11.4.